The van der Waals surface area contributed by atoms with Crippen molar-refractivity contribution in [3.63, 3.8) is 0 Å². The lowest BCUT2D eigenvalue weighted by molar-refractivity contribution is -0.0407. The molecule has 1 aliphatic heterocycles. The zero-order valence-electron chi connectivity index (χ0n) is 29.8. The molecule has 1 spiro atoms. The van der Waals surface area contributed by atoms with Crippen LogP contribution in [0.3, 0.4) is 0 Å². The van der Waals surface area contributed by atoms with Crippen LogP contribution in [0.25, 0.3) is 56.4 Å². The van der Waals surface area contributed by atoms with Gasteiger partial charge >= 0.3 is 0 Å². The van der Waals surface area contributed by atoms with Gasteiger partial charge in [0.1, 0.15) is 0 Å². The number of aromatic nitrogens is 3. The quantitative estimate of drug-likeness (QED) is 0.183. The van der Waals surface area contributed by atoms with Crippen LogP contribution in [0, 0.1) is 23.7 Å². The van der Waals surface area contributed by atoms with E-state index in [2.05, 4.69) is 91.0 Å². The standard InChI is InChI=1S/C49H37N3O2/c1-3-10-31(11-4-1)32-18-20-34(21-19-32)47-50-46(33-12-5-2-6-13-33)51-48(52-47)38-14-9-15-39-43(38)37-22-23-42-45(54-41-17-8-7-16-40(41)53-42)44(37)49(39)35-25-29-24-30(27-35)28-36(49)26-29/h1-23,29-30,35-36H,24-28H2. The first-order valence-electron chi connectivity index (χ1n) is 19.4. The molecule has 6 aromatic carbocycles. The van der Waals surface area contributed by atoms with E-state index in [1.54, 1.807) is 0 Å². The molecule has 1 aromatic heterocycles. The topological polar surface area (TPSA) is 57.1 Å². The lowest BCUT2D eigenvalue weighted by atomic mass is 9.43. The van der Waals surface area contributed by atoms with Gasteiger partial charge < -0.3 is 9.47 Å². The largest absolute Gasteiger partial charge is 0.450 e. The van der Waals surface area contributed by atoms with E-state index < -0.39 is 0 Å². The minimum atomic E-state index is -0.152. The highest BCUT2D eigenvalue weighted by Gasteiger charge is 2.63. The number of hydrogen-bond acceptors (Lipinski definition) is 5. The van der Waals surface area contributed by atoms with E-state index in [4.69, 9.17) is 24.4 Å². The molecule has 4 bridgehead atoms. The first-order chi connectivity index (χ1) is 26.7. The Morgan fingerprint density at radius 2 is 0.981 bits per heavy atom. The Morgan fingerprint density at radius 1 is 0.426 bits per heavy atom. The van der Waals surface area contributed by atoms with Crippen molar-refractivity contribution in [2.24, 2.45) is 23.7 Å². The van der Waals surface area contributed by atoms with Crippen LogP contribution in [-0.4, -0.2) is 15.0 Å². The van der Waals surface area contributed by atoms with Crippen LogP contribution in [0.4, 0.5) is 0 Å². The van der Waals surface area contributed by atoms with Crippen LogP contribution < -0.4 is 9.47 Å². The first kappa shape index (κ1) is 30.4. The Kier molecular flexibility index (Phi) is 6.45. The van der Waals surface area contributed by atoms with Crippen LogP contribution in [0.15, 0.2) is 140 Å². The third-order valence-electron chi connectivity index (χ3n) is 13.2. The van der Waals surface area contributed by atoms with Crippen molar-refractivity contribution < 1.29 is 9.47 Å². The maximum absolute atomic E-state index is 6.96. The van der Waals surface area contributed by atoms with E-state index in [9.17, 15) is 0 Å². The summed E-state index contributed by atoms with van der Waals surface area (Å²) in [5.41, 5.74) is 10.3. The second-order valence-corrected chi connectivity index (χ2v) is 16.0. The number of rotatable bonds is 4. The maximum Gasteiger partial charge on any atom is 0.174 e. The van der Waals surface area contributed by atoms with Crippen LogP contribution in [-0.2, 0) is 5.41 Å². The van der Waals surface area contributed by atoms with Gasteiger partial charge in [-0.2, -0.15) is 0 Å². The zero-order valence-corrected chi connectivity index (χ0v) is 29.8. The molecule has 13 rings (SSSR count). The van der Waals surface area contributed by atoms with Crippen molar-refractivity contribution in [1.29, 1.82) is 0 Å². The highest BCUT2D eigenvalue weighted by Crippen LogP contribution is 2.72. The summed E-state index contributed by atoms with van der Waals surface area (Å²) in [4.78, 5) is 15.7. The van der Waals surface area contributed by atoms with E-state index in [0.717, 1.165) is 57.1 Å². The summed E-state index contributed by atoms with van der Waals surface area (Å²) in [5.74, 6) is 8.00. The average molecular weight is 700 g/mol. The maximum atomic E-state index is 6.96. The number of ether oxygens (including phenoxy) is 2. The van der Waals surface area contributed by atoms with Crippen LogP contribution in [0.1, 0.15) is 43.2 Å². The summed E-state index contributed by atoms with van der Waals surface area (Å²) in [7, 11) is 0. The summed E-state index contributed by atoms with van der Waals surface area (Å²) >= 11 is 0. The van der Waals surface area contributed by atoms with E-state index in [-0.39, 0.29) is 5.41 Å². The second-order valence-electron chi connectivity index (χ2n) is 16.0. The molecule has 4 fully saturated rings. The van der Waals surface area contributed by atoms with Crippen molar-refractivity contribution in [2.75, 3.05) is 0 Å². The molecule has 4 saturated carbocycles. The molecule has 260 valence electrons. The summed E-state index contributed by atoms with van der Waals surface area (Å²) in [5, 5.41) is 0. The minimum Gasteiger partial charge on any atom is -0.450 e. The van der Waals surface area contributed by atoms with Gasteiger partial charge in [0.15, 0.2) is 40.5 Å². The Labute approximate surface area is 314 Å². The highest BCUT2D eigenvalue weighted by molar-refractivity contribution is 5.94. The van der Waals surface area contributed by atoms with Gasteiger partial charge in [-0.05, 0) is 102 Å². The fourth-order valence-corrected chi connectivity index (χ4v) is 11.3. The smallest absolute Gasteiger partial charge is 0.174 e. The van der Waals surface area contributed by atoms with Gasteiger partial charge in [-0.1, -0.05) is 121 Å². The van der Waals surface area contributed by atoms with Crippen molar-refractivity contribution in [3.8, 4) is 79.4 Å². The van der Waals surface area contributed by atoms with E-state index in [1.807, 2.05) is 48.5 Å². The van der Waals surface area contributed by atoms with E-state index in [1.165, 1.54) is 59.9 Å². The third kappa shape index (κ3) is 4.35. The van der Waals surface area contributed by atoms with Crippen LogP contribution in [0.2, 0.25) is 0 Å². The number of benzene rings is 6. The van der Waals surface area contributed by atoms with Crippen molar-refractivity contribution >= 4 is 0 Å². The first-order valence-corrected chi connectivity index (χ1v) is 19.4. The highest BCUT2D eigenvalue weighted by atomic mass is 16.6. The van der Waals surface area contributed by atoms with Gasteiger partial charge in [-0.3, -0.25) is 0 Å². The molecule has 0 amide bonds. The Balaban J connectivity index is 1.08. The predicted octanol–water partition coefficient (Wildman–Crippen LogP) is 12.2. The normalized spacial score (nSPS) is 23.6. The Hall–Kier alpha value is -6.07. The van der Waals surface area contributed by atoms with Gasteiger partial charge in [-0.15, -0.1) is 0 Å². The van der Waals surface area contributed by atoms with Crippen molar-refractivity contribution in [1.82, 2.24) is 15.0 Å². The molecular weight excluding hydrogens is 663 g/mol. The van der Waals surface area contributed by atoms with Gasteiger partial charge in [0.2, 0.25) is 0 Å². The minimum absolute atomic E-state index is 0.152. The fourth-order valence-electron chi connectivity index (χ4n) is 11.3. The van der Waals surface area contributed by atoms with E-state index in [0.29, 0.717) is 29.3 Å². The van der Waals surface area contributed by atoms with Gasteiger partial charge in [0, 0.05) is 27.7 Å². The Bertz CT molecular complexity index is 2590. The van der Waals surface area contributed by atoms with Crippen molar-refractivity contribution in [3.05, 3.63) is 151 Å². The molecule has 7 aromatic rings. The molecular formula is C49H37N3O2. The number of nitrogens with zero attached hydrogens (tertiary/aromatic N) is 3. The lowest BCUT2D eigenvalue weighted by Crippen LogP contribution is -2.55. The van der Waals surface area contributed by atoms with Gasteiger partial charge in [-0.25, -0.2) is 15.0 Å². The molecule has 6 aliphatic rings. The monoisotopic (exact) mass is 699 g/mol. The third-order valence-corrected chi connectivity index (χ3v) is 13.2. The number of hydrogen-bond donors (Lipinski definition) is 0. The molecule has 0 saturated heterocycles. The van der Waals surface area contributed by atoms with Gasteiger partial charge in [0.25, 0.3) is 0 Å². The molecule has 5 heteroatoms. The summed E-state index contributed by atoms with van der Waals surface area (Å²) in [6.07, 6.45) is 6.47. The van der Waals surface area contributed by atoms with Crippen LogP contribution in [0.5, 0.6) is 23.0 Å². The zero-order chi connectivity index (χ0) is 35.4. The fraction of sp³-hybridized carbons (Fsp3) is 0.204. The molecule has 0 radical (unpaired) electrons. The van der Waals surface area contributed by atoms with E-state index >= 15 is 0 Å². The molecule has 0 N–H and O–H groups in total. The molecule has 54 heavy (non-hydrogen) atoms. The molecule has 2 heterocycles. The van der Waals surface area contributed by atoms with Crippen LogP contribution >= 0.6 is 0 Å². The van der Waals surface area contributed by atoms with Gasteiger partial charge in [0.05, 0.1) is 0 Å². The number of para-hydroxylation sites is 2. The summed E-state index contributed by atoms with van der Waals surface area (Å²) in [6.45, 7) is 0. The number of fused-ring (bicyclic) bond motifs is 6. The molecule has 0 atom stereocenters. The molecule has 5 nitrogen and oxygen atoms in total. The summed E-state index contributed by atoms with van der Waals surface area (Å²) < 4.78 is 13.6. The Morgan fingerprint density at radius 3 is 1.67 bits per heavy atom. The molecule has 5 aliphatic carbocycles. The second kappa shape index (κ2) is 11.5. The lowest BCUT2D eigenvalue weighted by Gasteiger charge is -2.61. The van der Waals surface area contributed by atoms with Crippen molar-refractivity contribution in [2.45, 2.75) is 37.5 Å². The average Bonchev–Trinajstić information content (AvgIpc) is 3.54. The molecule has 0 unspecified atom stereocenters. The SMILES string of the molecule is c1ccc(-c2ccc(-c3nc(-c4ccccc4)nc(-c4cccc5c4-c4ccc6c(c4C54C5CC7CC(C5)CC4C7)Oc4ccccc4O6)n3)cc2)cc1. The summed E-state index contributed by atoms with van der Waals surface area (Å²) in [6, 6.07) is 48.7. The predicted molar refractivity (Wildman–Crippen MR) is 211 cm³/mol.